The Morgan fingerprint density at radius 3 is 1.39 bits per heavy atom. The van der Waals surface area contributed by atoms with Crippen LogP contribution in [0.25, 0.3) is 0 Å². The summed E-state index contributed by atoms with van der Waals surface area (Å²) in [6.07, 6.45) is -2.67. The Morgan fingerprint density at radius 1 is 0.607 bits per heavy atom. The Kier molecular flexibility index (Phi) is 8.96. The molecule has 0 radical (unpaired) electrons. The molecule has 0 aromatic heterocycles. The average Bonchev–Trinajstić information content (AvgIpc) is 2.39. The first-order chi connectivity index (χ1) is 12.3. The van der Waals surface area contributed by atoms with Gasteiger partial charge in [-0.25, -0.2) is 0 Å². The topological polar surface area (TPSA) is 66.4 Å². The largest absolute Gasteiger partial charge is 0.415 e. The zero-order valence-electron chi connectivity index (χ0n) is 20.1. The molecule has 1 saturated heterocycles. The van der Waals surface area contributed by atoms with Crippen molar-refractivity contribution in [2.24, 2.45) is 0 Å². The Morgan fingerprint density at radius 2 is 1.00 bits per heavy atom. The molecule has 10 heteroatoms. The summed E-state index contributed by atoms with van der Waals surface area (Å²) in [5, 5.41) is 10.8. The highest BCUT2D eigenvalue weighted by molar-refractivity contribution is 6.71. The molecule has 1 fully saturated rings. The first kappa shape index (κ1) is 26.7. The Balaban J connectivity index is 3.26. The second-order valence-corrected chi connectivity index (χ2v) is 29.5. The maximum atomic E-state index is 10.8. The van der Waals surface area contributed by atoms with Gasteiger partial charge >= 0.3 is 0 Å². The minimum Gasteiger partial charge on any atom is -0.415 e. The SMILES string of the molecule is C[Si](C)(C)OCC1O[C@@H](O)[C@H](O[Si](C)(C)C)[C@@H](O[Si](C)(C)C)[C@@H]1O[Si](C)(C)C. The maximum absolute atomic E-state index is 10.8. The molecular weight excluding hydrogens is 425 g/mol. The van der Waals surface area contributed by atoms with Crippen molar-refractivity contribution in [3.63, 3.8) is 0 Å². The van der Waals surface area contributed by atoms with Crippen LogP contribution < -0.4 is 0 Å². The van der Waals surface area contributed by atoms with E-state index in [0.29, 0.717) is 6.61 Å². The molecule has 0 aliphatic carbocycles. The van der Waals surface area contributed by atoms with Crippen LogP contribution in [0.3, 0.4) is 0 Å². The molecule has 1 heterocycles. The lowest BCUT2D eigenvalue weighted by Crippen LogP contribution is -2.66. The van der Waals surface area contributed by atoms with E-state index in [1.807, 2.05) is 0 Å². The number of rotatable bonds is 9. The summed E-state index contributed by atoms with van der Waals surface area (Å²) in [6.45, 7) is 26.1. The lowest BCUT2D eigenvalue weighted by atomic mass is 9.99. The lowest BCUT2D eigenvalue weighted by Gasteiger charge is -2.49. The molecule has 5 atom stereocenters. The minimum absolute atomic E-state index is 0.320. The molecule has 0 bridgehead atoms. The number of hydrogen-bond acceptors (Lipinski definition) is 6. The van der Waals surface area contributed by atoms with Crippen LogP contribution in [-0.2, 0) is 22.4 Å². The molecule has 0 aromatic rings. The van der Waals surface area contributed by atoms with Crippen molar-refractivity contribution in [2.75, 3.05) is 6.61 Å². The smallest absolute Gasteiger partial charge is 0.184 e. The van der Waals surface area contributed by atoms with Crippen molar-refractivity contribution in [3.05, 3.63) is 0 Å². The third-order valence-electron chi connectivity index (χ3n) is 3.76. The lowest BCUT2D eigenvalue weighted by molar-refractivity contribution is -0.274. The van der Waals surface area contributed by atoms with Gasteiger partial charge in [0.1, 0.15) is 24.4 Å². The van der Waals surface area contributed by atoms with Crippen molar-refractivity contribution in [2.45, 2.75) is 109 Å². The number of hydrogen-bond donors (Lipinski definition) is 1. The van der Waals surface area contributed by atoms with Crippen molar-refractivity contribution in [3.8, 4) is 0 Å². The molecule has 0 aromatic carbocycles. The second-order valence-electron chi connectivity index (χ2n) is 11.6. The van der Waals surface area contributed by atoms with Gasteiger partial charge < -0.3 is 27.5 Å². The first-order valence-electron chi connectivity index (χ1n) is 10.3. The van der Waals surface area contributed by atoms with Gasteiger partial charge in [-0.15, -0.1) is 0 Å². The zero-order valence-corrected chi connectivity index (χ0v) is 24.1. The van der Waals surface area contributed by atoms with Crippen molar-refractivity contribution < 1.29 is 27.5 Å². The van der Waals surface area contributed by atoms with Crippen molar-refractivity contribution in [1.82, 2.24) is 0 Å². The molecule has 0 spiro atoms. The summed E-state index contributed by atoms with van der Waals surface area (Å²) in [7, 11) is -7.50. The fourth-order valence-corrected chi connectivity index (χ4v) is 6.91. The van der Waals surface area contributed by atoms with E-state index in [2.05, 4.69) is 78.6 Å². The molecule has 6 nitrogen and oxygen atoms in total. The van der Waals surface area contributed by atoms with Crippen LogP contribution in [0.4, 0.5) is 0 Å². The van der Waals surface area contributed by atoms with Gasteiger partial charge in [-0.1, -0.05) is 0 Å². The Bertz CT molecular complexity index is 492. The molecule has 1 aliphatic rings. The van der Waals surface area contributed by atoms with E-state index in [4.69, 9.17) is 22.4 Å². The molecule has 0 amide bonds. The molecular formula is C18H44O6Si4. The van der Waals surface area contributed by atoms with Gasteiger partial charge in [0.15, 0.2) is 39.6 Å². The predicted molar refractivity (Wildman–Crippen MR) is 125 cm³/mol. The van der Waals surface area contributed by atoms with Crippen LogP contribution in [0.1, 0.15) is 0 Å². The molecule has 28 heavy (non-hydrogen) atoms. The summed E-state index contributed by atoms with van der Waals surface area (Å²) < 4.78 is 31.7. The third-order valence-corrected chi connectivity index (χ3v) is 7.73. The van der Waals surface area contributed by atoms with Crippen LogP contribution >= 0.6 is 0 Å². The predicted octanol–water partition coefficient (Wildman–Crippen LogP) is 4.22. The van der Waals surface area contributed by atoms with Gasteiger partial charge in [0.25, 0.3) is 0 Å². The van der Waals surface area contributed by atoms with Gasteiger partial charge in [-0.3, -0.25) is 0 Å². The molecule has 168 valence electrons. The van der Waals surface area contributed by atoms with Gasteiger partial charge in [0, 0.05) is 0 Å². The average molecular weight is 469 g/mol. The zero-order chi connectivity index (χ0) is 22.1. The summed E-state index contributed by atoms with van der Waals surface area (Å²) in [4.78, 5) is 0. The summed E-state index contributed by atoms with van der Waals surface area (Å²) >= 11 is 0. The minimum atomic E-state index is -1.94. The van der Waals surface area contributed by atoms with Gasteiger partial charge in [-0.05, 0) is 78.6 Å². The van der Waals surface area contributed by atoms with E-state index in [9.17, 15) is 5.11 Å². The van der Waals surface area contributed by atoms with Gasteiger partial charge in [0.05, 0.1) is 6.61 Å². The highest BCUT2D eigenvalue weighted by atomic mass is 28.4. The van der Waals surface area contributed by atoms with E-state index in [1.54, 1.807) is 0 Å². The molecule has 1 aliphatic heterocycles. The number of aliphatic hydroxyl groups excluding tert-OH is 1. The third kappa shape index (κ3) is 10.1. The maximum Gasteiger partial charge on any atom is 0.184 e. The van der Waals surface area contributed by atoms with E-state index < -0.39 is 45.7 Å². The summed E-state index contributed by atoms with van der Waals surface area (Å²) in [5.41, 5.74) is 0. The van der Waals surface area contributed by atoms with Gasteiger partial charge in [0.2, 0.25) is 0 Å². The van der Waals surface area contributed by atoms with E-state index in [1.165, 1.54) is 0 Å². The second kappa shape index (κ2) is 9.41. The van der Waals surface area contributed by atoms with Crippen LogP contribution in [0.2, 0.25) is 78.6 Å². The van der Waals surface area contributed by atoms with Crippen molar-refractivity contribution in [1.29, 1.82) is 0 Å². The first-order valence-corrected chi connectivity index (χ1v) is 23.9. The van der Waals surface area contributed by atoms with E-state index in [0.717, 1.165) is 0 Å². The molecule has 1 rings (SSSR count). The Hall–Kier alpha value is 0.628. The Labute approximate surface area is 176 Å². The fraction of sp³-hybridized carbons (Fsp3) is 1.00. The summed E-state index contributed by atoms with van der Waals surface area (Å²) in [6, 6.07) is 0. The number of ether oxygens (including phenoxy) is 1. The van der Waals surface area contributed by atoms with Crippen LogP contribution in [0.5, 0.6) is 0 Å². The van der Waals surface area contributed by atoms with Crippen LogP contribution in [-0.4, -0.2) is 75.7 Å². The van der Waals surface area contributed by atoms with Crippen molar-refractivity contribution >= 4 is 33.3 Å². The van der Waals surface area contributed by atoms with Crippen LogP contribution in [0, 0.1) is 0 Å². The standard InChI is InChI=1S/C18H44O6Si4/c1-25(2,3)20-13-14-15(22-26(4,5)6)16(23-27(7,8)9)17(18(19)21-14)24-28(10,11)12/h14-19H,13H2,1-12H3/t14?,15-,16+,17-,18-/m1/s1. The van der Waals surface area contributed by atoms with Crippen LogP contribution in [0.15, 0.2) is 0 Å². The highest BCUT2D eigenvalue weighted by Gasteiger charge is 2.51. The fourth-order valence-electron chi connectivity index (χ4n) is 2.99. The molecule has 0 saturated carbocycles. The summed E-state index contributed by atoms with van der Waals surface area (Å²) in [5.74, 6) is 0. The number of aliphatic hydroxyl groups is 1. The molecule has 1 N–H and O–H groups in total. The van der Waals surface area contributed by atoms with Gasteiger partial charge in [-0.2, -0.15) is 0 Å². The molecule has 1 unspecified atom stereocenters. The monoisotopic (exact) mass is 468 g/mol. The normalized spacial score (nSPS) is 30.5. The quantitative estimate of drug-likeness (QED) is 0.511. The highest BCUT2D eigenvalue weighted by Crippen LogP contribution is 2.33. The van der Waals surface area contributed by atoms with E-state index in [-0.39, 0.29) is 18.3 Å². The van der Waals surface area contributed by atoms with E-state index >= 15 is 0 Å².